The molecule has 3 nitrogen and oxygen atoms in total. The van der Waals surface area contributed by atoms with Gasteiger partial charge < -0.3 is 10.0 Å². The second-order valence-corrected chi connectivity index (χ2v) is 5.91. The Morgan fingerprint density at radius 1 is 1.38 bits per heavy atom. The van der Waals surface area contributed by atoms with E-state index in [1.54, 1.807) is 0 Å². The summed E-state index contributed by atoms with van der Waals surface area (Å²) in [4.78, 5) is 15.3. The molecule has 0 radical (unpaired) electrons. The fraction of sp³-hybridized carbons (Fsp3) is 0.588. The van der Waals surface area contributed by atoms with Crippen molar-refractivity contribution < 1.29 is 9.90 Å². The van der Waals surface area contributed by atoms with Gasteiger partial charge in [-0.2, -0.15) is 0 Å². The highest BCUT2D eigenvalue weighted by Gasteiger charge is 2.18. The van der Waals surface area contributed by atoms with Crippen molar-refractivity contribution in [2.24, 2.45) is 5.92 Å². The number of aliphatic hydroxyl groups is 1. The van der Waals surface area contributed by atoms with Gasteiger partial charge in [0.2, 0.25) is 0 Å². The smallest absolute Gasteiger partial charge is 0.254 e. The fourth-order valence-corrected chi connectivity index (χ4v) is 2.87. The lowest BCUT2D eigenvalue weighted by molar-refractivity contribution is 0.0735. The normalized spacial score (nSPS) is 10.3. The second-order valence-electron chi connectivity index (χ2n) is 5.00. The van der Waals surface area contributed by atoms with Crippen LogP contribution in [0.1, 0.15) is 55.3 Å². The first-order valence-corrected chi connectivity index (χ1v) is 8.51. The van der Waals surface area contributed by atoms with Crippen LogP contribution >= 0.6 is 11.3 Å². The van der Waals surface area contributed by atoms with Crippen molar-refractivity contribution in [3.63, 3.8) is 0 Å². The third-order valence-corrected chi connectivity index (χ3v) is 4.44. The molecular weight excluding hydrogens is 282 g/mol. The third-order valence-electron chi connectivity index (χ3n) is 3.60. The Labute approximate surface area is 132 Å². The first kappa shape index (κ1) is 17.7. The number of aliphatic hydroxyl groups excluding tert-OH is 1. The SMILES string of the molecule is CCC(CC)CN(CC)C(=O)c1csc(C#CCCO)c1. The highest BCUT2D eigenvalue weighted by molar-refractivity contribution is 7.10. The maximum Gasteiger partial charge on any atom is 0.254 e. The number of carbonyl (C=O) groups excluding carboxylic acids is 1. The van der Waals surface area contributed by atoms with Crippen molar-refractivity contribution in [3.05, 3.63) is 21.9 Å². The highest BCUT2D eigenvalue weighted by atomic mass is 32.1. The molecule has 0 unspecified atom stereocenters. The molecule has 0 saturated carbocycles. The van der Waals surface area contributed by atoms with Crippen molar-refractivity contribution >= 4 is 17.2 Å². The third kappa shape index (κ3) is 5.53. The van der Waals surface area contributed by atoms with Crippen LogP contribution in [0.5, 0.6) is 0 Å². The summed E-state index contributed by atoms with van der Waals surface area (Å²) in [7, 11) is 0. The topological polar surface area (TPSA) is 40.5 Å². The number of nitrogens with zero attached hydrogens (tertiary/aromatic N) is 1. The van der Waals surface area contributed by atoms with Crippen LogP contribution in [-0.2, 0) is 0 Å². The van der Waals surface area contributed by atoms with Crippen LogP contribution in [0.3, 0.4) is 0 Å². The number of thiophene rings is 1. The average molecular weight is 307 g/mol. The van der Waals surface area contributed by atoms with Crippen molar-refractivity contribution in [1.29, 1.82) is 0 Å². The van der Waals surface area contributed by atoms with Crippen molar-refractivity contribution in [1.82, 2.24) is 4.90 Å². The van der Waals surface area contributed by atoms with E-state index < -0.39 is 0 Å². The average Bonchev–Trinajstić information content (AvgIpc) is 2.97. The molecule has 1 amide bonds. The minimum absolute atomic E-state index is 0.0726. The molecule has 0 aliphatic heterocycles. The van der Waals surface area contributed by atoms with E-state index >= 15 is 0 Å². The Kier molecular flexibility index (Phi) is 8.11. The number of rotatable bonds is 7. The van der Waals surface area contributed by atoms with Crippen LogP contribution in [0.2, 0.25) is 0 Å². The molecule has 0 spiro atoms. The van der Waals surface area contributed by atoms with Crippen LogP contribution in [0.4, 0.5) is 0 Å². The Bertz CT molecular complexity index is 494. The zero-order valence-corrected chi connectivity index (χ0v) is 14.0. The van der Waals surface area contributed by atoms with Gasteiger partial charge in [0.25, 0.3) is 5.91 Å². The van der Waals surface area contributed by atoms with Gasteiger partial charge in [-0.1, -0.05) is 38.5 Å². The summed E-state index contributed by atoms with van der Waals surface area (Å²) in [5.74, 6) is 6.52. The predicted octanol–water partition coefficient (Wildman–Crippen LogP) is 3.38. The van der Waals surface area contributed by atoms with Crippen LogP contribution < -0.4 is 0 Å². The van der Waals surface area contributed by atoms with Gasteiger partial charge in [-0.3, -0.25) is 4.79 Å². The molecule has 1 aromatic rings. The van der Waals surface area contributed by atoms with Crippen molar-refractivity contribution in [2.45, 2.75) is 40.0 Å². The van der Waals surface area contributed by atoms with Gasteiger partial charge in [0.1, 0.15) is 0 Å². The molecule has 0 bridgehead atoms. The maximum atomic E-state index is 12.5. The van der Waals surface area contributed by atoms with Gasteiger partial charge in [0.15, 0.2) is 0 Å². The van der Waals surface area contributed by atoms with E-state index in [0.29, 0.717) is 12.3 Å². The number of hydrogen-bond acceptors (Lipinski definition) is 3. The van der Waals surface area contributed by atoms with Gasteiger partial charge in [-0.25, -0.2) is 0 Å². The molecule has 116 valence electrons. The zero-order valence-electron chi connectivity index (χ0n) is 13.2. The van der Waals surface area contributed by atoms with Crippen LogP contribution in [0, 0.1) is 17.8 Å². The first-order valence-electron chi connectivity index (χ1n) is 7.63. The summed E-state index contributed by atoms with van der Waals surface area (Å²) in [5, 5.41) is 10.6. The minimum Gasteiger partial charge on any atom is -0.395 e. The van der Waals surface area contributed by atoms with Gasteiger partial charge in [-0.15, -0.1) is 11.3 Å². The van der Waals surface area contributed by atoms with Crippen LogP contribution in [0.15, 0.2) is 11.4 Å². The molecule has 1 rings (SSSR count). The molecule has 0 fully saturated rings. The molecule has 21 heavy (non-hydrogen) atoms. The molecule has 1 N–H and O–H groups in total. The minimum atomic E-state index is 0.0726. The maximum absolute atomic E-state index is 12.5. The fourth-order valence-electron chi connectivity index (χ4n) is 2.12. The van der Waals surface area contributed by atoms with Crippen molar-refractivity contribution in [2.75, 3.05) is 19.7 Å². The standard InChI is InChI=1S/C17H25NO2S/c1-4-14(5-2)12-18(6-3)17(20)15-11-16(21-13-15)9-7-8-10-19/h11,13-14,19H,4-6,8,10,12H2,1-3H3. The van der Waals surface area contributed by atoms with Crippen molar-refractivity contribution in [3.8, 4) is 11.8 Å². The molecule has 0 atom stereocenters. The number of amides is 1. The molecule has 0 aromatic carbocycles. The molecule has 0 saturated heterocycles. The van der Waals surface area contributed by atoms with Crippen LogP contribution in [0.25, 0.3) is 0 Å². The highest BCUT2D eigenvalue weighted by Crippen LogP contribution is 2.17. The molecule has 1 heterocycles. The largest absolute Gasteiger partial charge is 0.395 e. The number of hydrogen-bond donors (Lipinski definition) is 1. The zero-order chi connectivity index (χ0) is 15.7. The van der Waals surface area contributed by atoms with E-state index in [-0.39, 0.29) is 12.5 Å². The lowest BCUT2D eigenvalue weighted by Gasteiger charge is -2.25. The van der Waals surface area contributed by atoms with E-state index in [1.807, 2.05) is 23.3 Å². The number of carbonyl (C=O) groups is 1. The summed E-state index contributed by atoms with van der Waals surface area (Å²) in [6.07, 6.45) is 2.67. The van der Waals surface area contributed by atoms with E-state index in [2.05, 4.69) is 25.7 Å². The second kappa shape index (κ2) is 9.59. The van der Waals surface area contributed by atoms with E-state index in [4.69, 9.17) is 5.11 Å². The quantitative estimate of drug-likeness (QED) is 0.785. The van der Waals surface area contributed by atoms with E-state index in [9.17, 15) is 4.79 Å². The van der Waals surface area contributed by atoms with Gasteiger partial charge in [0.05, 0.1) is 17.0 Å². The van der Waals surface area contributed by atoms with Gasteiger partial charge in [-0.05, 0) is 18.9 Å². The summed E-state index contributed by atoms with van der Waals surface area (Å²) in [6, 6.07) is 1.85. The molecule has 1 aromatic heterocycles. The van der Waals surface area contributed by atoms with Crippen LogP contribution in [-0.4, -0.2) is 35.6 Å². The Morgan fingerprint density at radius 3 is 2.67 bits per heavy atom. The summed E-state index contributed by atoms with van der Waals surface area (Å²) in [5.41, 5.74) is 0.723. The Morgan fingerprint density at radius 2 is 2.10 bits per heavy atom. The summed E-state index contributed by atoms with van der Waals surface area (Å²) >= 11 is 1.48. The van der Waals surface area contributed by atoms with E-state index in [0.717, 1.165) is 36.4 Å². The summed E-state index contributed by atoms with van der Waals surface area (Å²) < 4.78 is 0. The Balaban J connectivity index is 2.75. The Hall–Kier alpha value is -1.31. The lowest BCUT2D eigenvalue weighted by atomic mass is 10.0. The first-order chi connectivity index (χ1) is 10.2. The molecular formula is C17H25NO2S. The van der Waals surface area contributed by atoms with Gasteiger partial charge in [0, 0.05) is 24.9 Å². The summed E-state index contributed by atoms with van der Waals surface area (Å²) in [6.45, 7) is 8.00. The van der Waals surface area contributed by atoms with E-state index in [1.165, 1.54) is 11.3 Å². The predicted molar refractivity (Wildman–Crippen MR) is 88.5 cm³/mol. The molecule has 4 heteroatoms. The van der Waals surface area contributed by atoms with Gasteiger partial charge >= 0.3 is 0 Å². The molecule has 0 aliphatic carbocycles. The molecule has 0 aliphatic rings. The lowest BCUT2D eigenvalue weighted by Crippen LogP contribution is -2.34. The monoisotopic (exact) mass is 307 g/mol.